The first kappa shape index (κ1) is 24.8. The number of fused-ring (bicyclic) bond motifs is 1. The third-order valence-corrected chi connectivity index (χ3v) is 5.17. The van der Waals surface area contributed by atoms with Crippen molar-refractivity contribution in [2.45, 2.75) is 26.9 Å². The number of aromatic nitrogens is 2. The van der Waals surface area contributed by atoms with Crippen molar-refractivity contribution in [2.24, 2.45) is 5.10 Å². The van der Waals surface area contributed by atoms with E-state index < -0.39 is 28.2 Å². The molecule has 3 aromatic rings. The molecule has 0 saturated heterocycles. The fraction of sp³-hybridized carbons (Fsp3) is 0.273. The van der Waals surface area contributed by atoms with Gasteiger partial charge in [-0.25, -0.2) is 9.78 Å². The summed E-state index contributed by atoms with van der Waals surface area (Å²) in [7, 11) is 1.31. The van der Waals surface area contributed by atoms with Gasteiger partial charge in [0.25, 0.3) is 5.56 Å². The molecule has 0 aliphatic rings. The van der Waals surface area contributed by atoms with E-state index in [1.807, 2.05) is 0 Å². The number of ether oxygens (including phenoxy) is 3. The third-order valence-electron chi connectivity index (χ3n) is 4.68. The number of carbonyl (C=O) groups excluding carboxylic acids is 1. The van der Waals surface area contributed by atoms with Crippen molar-refractivity contribution < 1.29 is 23.9 Å². The molecule has 12 heteroatoms. The van der Waals surface area contributed by atoms with Crippen molar-refractivity contribution in [3.05, 3.63) is 66.7 Å². The molecule has 0 aliphatic carbocycles. The maximum absolute atomic E-state index is 12.9. The standard InChI is InChI=1S/C22H21BrN4O7/c1-5-33-22(29)12(2)34-20-18(27(30)31)8-14(9-19(20)32-4)11-24-26-13(3)25-17-7-6-15(23)10-16(17)21(26)28/h6-12H,5H2,1-4H3/t12-/m1/s1. The molecule has 2 aromatic carbocycles. The lowest BCUT2D eigenvalue weighted by Crippen LogP contribution is -2.26. The van der Waals surface area contributed by atoms with Gasteiger partial charge < -0.3 is 14.2 Å². The largest absolute Gasteiger partial charge is 0.493 e. The van der Waals surface area contributed by atoms with Crippen LogP contribution in [0.2, 0.25) is 0 Å². The molecule has 0 radical (unpaired) electrons. The van der Waals surface area contributed by atoms with E-state index in [2.05, 4.69) is 26.0 Å². The second-order valence-electron chi connectivity index (χ2n) is 7.02. The number of benzene rings is 2. The summed E-state index contributed by atoms with van der Waals surface area (Å²) in [5, 5.41) is 16.3. The monoisotopic (exact) mass is 532 g/mol. The lowest BCUT2D eigenvalue weighted by Gasteiger charge is -2.16. The van der Waals surface area contributed by atoms with E-state index >= 15 is 0 Å². The number of esters is 1. The molecule has 178 valence electrons. The Kier molecular flexibility index (Phi) is 7.61. The molecule has 3 rings (SSSR count). The van der Waals surface area contributed by atoms with Crippen LogP contribution >= 0.6 is 15.9 Å². The fourth-order valence-electron chi connectivity index (χ4n) is 3.09. The Hall–Kier alpha value is -3.80. The Labute approximate surface area is 202 Å². The minimum atomic E-state index is -1.10. The molecular formula is C22H21BrN4O7. The van der Waals surface area contributed by atoms with Crippen LogP contribution in [-0.4, -0.2) is 46.6 Å². The predicted molar refractivity (Wildman–Crippen MR) is 128 cm³/mol. The van der Waals surface area contributed by atoms with Crippen LogP contribution in [0.25, 0.3) is 10.9 Å². The zero-order valence-electron chi connectivity index (χ0n) is 18.8. The van der Waals surface area contributed by atoms with Crippen LogP contribution < -0.4 is 15.0 Å². The van der Waals surface area contributed by atoms with E-state index in [0.717, 1.165) is 4.68 Å². The zero-order valence-corrected chi connectivity index (χ0v) is 20.4. The summed E-state index contributed by atoms with van der Waals surface area (Å²) in [6, 6.07) is 7.77. The lowest BCUT2D eigenvalue weighted by atomic mass is 10.1. The number of hydrogen-bond acceptors (Lipinski definition) is 9. The molecule has 1 aromatic heterocycles. The molecule has 0 spiro atoms. The maximum atomic E-state index is 12.9. The molecular weight excluding hydrogens is 512 g/mol. The van der Waals surface area contributed by atoms with Gasteiger partial charge in [0, 0.05) is 16.1 Å². The number of nitro benzene ring substituents is 1. The van der Waals surface area contributed by atoms with Crippen molar-refractivity contribution in [2.75, 3.05) is 13.7 Å². The van der Waals surface area contributed by atoms with Gasteiger partial charge in [-0.05, 0) is 45.0 Å². The minimum absolute atomic E-state index is 0.0106. The highest BCUT2D eigenvalue weighted by Crippen LogP contribution is 2.38. The number of carbonyl (C=O) groups is 1. The highest BCUT2D eigenvalue weighted by atomic mass is 79.9. The summed E-state index contributed by atoms with van der Waals surface area (Å²) >= 11 is 3.33. The average Bonchev–Trinajstić information content (AvgIpc) is 2.79. The molecule has 0 unspecified atom stereocenters. The fourth-order valence-corrected chi connectivity index (χ4v) is 3.45. The smallest absolute Gasteiger partial charge is 0.347 e. The summed E-state index contributed by atoms with van der Waals surface area (Å²) in [6.07, 6.45) is 0.171. The summed E-state index contributed by atoms with van der Waals surface area (Å²) < 4.78 is 17.5. The number of rotatable bonds is 8. The van der Waals surface area contributed by atoms with Crippen molar-refractivity contribution in [1.82, 2.24) is 9.66 Å². The molecule has 0 amide bonds. The lowest BCUT2D eigenvalue weighted by molar-refractivity contribution is -0.386. The number of halogens is 1. The van der Waals surface area contributed by atoms with E-state index in [9.17, 15) is 19.7 Å². The van der Waals surface area contributed by atoms with Gasteiger partial charge in [-0.2, -0.15) is 9.78 Å². The number of hydrogen-bond donors (Lipinski definition) is 0. The molecule has 0 N–H and O–H groups in total. The summed E-state index contributed by atoms with van der Waals surface area (Å²) in [4.78, 5) is 40.2. The average molecular weight is 533 g/mol. The Morgan fingerprint density at radius 2 is 2.09 bits per heavy atom. The molecule has 0 aliphatic heterocycles. The van der Waals surface area contributed by atoms with Crippen molar-refractivity contribution in [3.8, 4) is 11.5 Å². The van der Waals surface area contributed by atoms with Crippen LogP contribution in [0, 0.1) is 17.0 Å². The molecule has 0 fully saturated rings. The van der Waals surface area contributed by atoms with Gasteiger partial charge >= 0.3 is 11.7 Å². The normalized spacial score (nSPS) is 12.0. The van der Waals surface area contributed by atoms with E-state index in [4.69, 9.17) is 14.2 Å². The SMILES string of the molecule is CCOC(=O)[C@@H](C)Oc1c(OC)cc(C=Nn2c(C)nc3ccc(Br)cc3c2=O)cc1[N+](=O)[O-]. The molecule has 0 saturated carbocycles. The Morgan fingerprint density at radius 3 is 2.74 bits per heavy atom. The third kappa shape index (κ3) is 5.22. The highest BCUT2D eigenvalue weighted by molar-refractivity contribution is 9.10. The van der Waals surface area contributed by atoms with Crippen LogP contribution in [0.1, 0.15) is 25.2 Å². The van der Waals surface area contributed by atoms with Crippen LogP contribution in [0.4, 0.5) is 5.69 Å². The van der Waals surface area contributed by atoms with Crippen LogP contribution in [0.15, 0.2) is 44.7 Å². The molecule has 11 nitrogen and oxygen atoms in total. The van der Waals surface area contributed by atoms with Gasteiger partial charge in [-0.3, -0.25) is 14.9 Å². The zero-order chi connectivity index (χ0) is 25.0. The summed E-state index contributed by atoms with van der Waals surface area (Å²) in [5.41, 5.74) is -0.0571. The minimum Gasteiger partial charge on any atom is -0.493 e. The van der Waals surface area contributed by atoms with E-state index in [1.165, 1.54) is 32.4 Å². The number of nitro groups is 1. The molecule has 1 atom stereocenters. The Morgan fingerprint density at radius 1 is 1.35 bits per heavy atom. The predicted octanol–water partition coefficient (Wildman–Crippen LogP) is 3.60. The quantitative estimate of drug-likeness (QED) is 0.186. The van der Waals surface area contributed by atoms with E-state index in [-0.39, 0.29) is 23.7 Å². The van der Waals surface area contributed by atoms with Crippen molar-refractivity contribution in [1.29, 1.82) is 0 Å². The van der Waals surface area contributed by atoms with Gasteiger partial charge in [0.15, 0.2) is 11.9 Å². The summed E-state index contributed by atoms with van der Waals surface area (Å²) in [6.45, 7) is 4.81. The van der Waals surface area contributed by atoms with Crippen molar-refractivity contribution >= 4 is 44.7 Å². The molecule has 34 heavy (non-hydrogen) atoms. The van der Waals surface area contributed by atoms with Gasteiger partial charge in [0.2, 0.25) is 5.75 Å². The Balaban J connectivity index is 2.05. The maximum Gasteiger partial charge on any atom is 0.347 e. The topological polar surface area (TPSA) is 135 Å². The highest BCUT2D eigenvalue weighted by Gasteiger charge is 2.27. The van der Waals surface area contributed by atoms with Gasteiger partial charge in [-0.15, -0.1) is 0 Å². The molecule has 0 bridgehead atoms. The van der Waals surface area contributed by atoms with Crippen molar-refractivity contribution in [3.63, 3.8) is 0 Å². The van der Waals surface area contributed by atoms with Gasteiger partial charge in [0.1, 0.15) is 5.82 Å². The number of methoxy groups -OCH3 is 1. The summed E-state index contributed by atoms with van der Waals surface area (Å²) in [5.74, 6) is -0.553. The van der Waals surface area contributed by atoms with E-state index in [0.29, 0.717) is 21.2 Å². The van der Waals surface area contributed by atoms with Crippen LogP contribution in [0.5, 0.6) is 11.5 Å². The second-order valence-corrected chi connectivity index (χ2v) is 7.94. The Bertz CT molecular complexity index is 1350. The molecule has 1 heterocycles. The first-order valence-electron chi connectivity index (χ1n) is 10.1. The number of nitrogens with zero attached hydrogens (tertiary/aromatic N) is 4. The number of aryl methyl sites for hydroxylation is 1. The van der Waals surface area contributed by atoms with Gasteiger partial charge in [-0.1, -0.05) is 15.9 Å². The first-order chi connectivity index (χ1) is 16.2. The van der Waals surface area contributed by atoms with E-state index in [1.54, 1.807) is 32.0 Å². The van der Waals surface area contributed by atoms with Crippen LogP contribution in [-0.2, 0) is 9.53 Å². The van der Waals surface area contributed by atoms with Crippen LogP contribution in [0.3, 0.4) is 0 Å². The second kappa shape index (κ2) is 10.4. The first-order valence-corrected chi connectivity index (χ1v) is 10.9. The van der Waals surface area contributed by atoms with Gasteiger partial charge in [0.05, 0.1) is 35.8 Å².